The summed E-state index contributed by atoms with van der Waals surface area (Å²) < 4.78 is 7.83. The van der Waals surface area contributed by atoms with E-state index in [9.17, 15) is 4.79 Å². The highest BCUT2D eigenvalue weighted by Gasteiger charge is 2.25. The first-order valence-corrected chi connectivity index (χ1v) is 9.00. The smallest absolute Gasteiger partial charge is 0.326 e. The van der Waals surface area contributed by atoms with Crippen LogP contribution in [-0.4, -0.2) is 27.6 Å². The topological polar surface area (TPSA) is 67.1 Å². The van der Waals surface area contributed by atoms with Crippen molar-refractivity contribution in [2.24, 2.45) is 0 Å². The molecule has 2 aromatic carbocycles. The Kier molecular flexibility index (Phi) is 3.38. The molecule has 0 bridgehead atoms. The summed E-state index contributed by atoms with van der Waals surface area (Å²) in [6, 6.07) is 14.8. The van der Waals surface area contributed by atoms with Gasteiger partial charge in [0.05, 0.1) is 11.0 Å². The van der Waals surface area contributed by atoms with Crippen molar-refractivity contribution in [3.05, 3.63) is 58.5 Å². The summed E-state index contributed by atoms with van der Waals surface area (Å²) in [4.78, 5) is 22.2. The molecule has 5 rings (SSSR count). The summed E-state index contributed by atoms with van der Waals surface area (Å²) in [5.74, 6) is 0. The van der Waals surface area contributed by atoms with Crippen LogP contribution in [-0.2, 0) is 0 Å². The van der Waals surface area contributed by atoms with E-state index in [1.807, 2.05) is 47.0 Å². The van der Waals surface area contributed by atoms with Crippen LogP contribution >= 0.6 is 0 Å². The van der Waals surface area contributed by atoms with E-state index in [4.69, 9.17) is 4.42 Å². The molecule has 132 valence electrons. The lowest BCUT2D eigenvalue weighted by Crippen LogP contribution is -2.37. The summed E-state index contributed by atoms with van der Waals surface area (Å²) in [6.45, 7) is 3.70. The Labute approximate surface area is 150 Å². The van der Waals surface area contributed by atoms with Gasteiger partial charge in [-0.3, -0.25) is 4.57 Å². The van der Waals surface area contributed by atoms with Crippen molar-refractivity contribution in [3.8, 4) is 0 Å². The molecule has 0 aliphatic carbocycles. The number of hydrogen-bond acceptors (Lipinski definition) is 4. The first kappa shape index (κ1) is 15.3. The predicted octanol–water partition coefficient (Wildman–Crippen LogP) is 3.62. The number of hydrogen-bond donors (Lipinski definition) is 1. The number of oxazole rings is 1. The van der Waals surface area contributed by atoms with Gasteiger partial charge < -0.3 is 14.3 Å². The Morgan fingerprint density at radius 3 is 2.81 bits per heavy atom. The first-order valence-electron chi connectivity index (χ1n) is 9.00. The molecule has 26 heavy (non-hydrogen) atoms. The molecule has 6 nitrogen and oxygen atoms in total. The molecule has 0 amide bonds. The number of anilines is 1. The average Bonchev–Trinajstić information content (AvgIpc) is 3.21. The van der Waals surface area contributed by atoms with Crippen LogP contribution in [0, 0.1) is 6.92 Å². The number of nitrogens with zero attached hydrogens (tertiary/aromatic N) is 3. The molecule has 1 N–H and O–H groups in total. The number of nitrogens with one attached hydrogen (secondary N) is 1. The molecule has 3 heterocycles. The molecule has 0 atom stereocenters. The van der Waals surface area contributed by atoms with Gasteiger partial charge in [-0.2, -0.15) is 4.98 Å². The zero-order chi connectivity index (χ0) is 17.7. The van der Waals surface area contributed by atoms with Crippen molar-refractivity contribution >= 4 is 28.1 Å². The van der Waals surface area contributed by atoms with Gasteiger partial charge >= 0.3 is 5.69 Å². The van der Waals surface area contributed by atoms with E-state index in [-0.39, 0.29) is 11.7 Å². The molecule has 0 saturated carbocycles. The number of fused-ring (bicyclic) bond motifs is 2. The van der Waals surface area contributed by atoms with Gasteiger partial charge in [0, 0.05) is 19.1 Å². The Hall–Kier alpha value is -3.02. The van der Waals surface area contributed by atoms with Gasteiger partial charge in [-0.15, -0.1) is 0 Å². The normalized spacial score (nSPS) is 16.0. The fourth-order valence-corrected chi connectivity index (χ4v) is 3.91. The SMILES string of the molecule is Cc1ccc2oc(N3CCC(n4c(=O)[nH]c5ccccc54)CC3)nc2c1. The van der Waals surface area contributed by atoms with Crippen LogP contribution in [0.5, 0.6) is 0 Å². The number of imidazole rings is 1. The summed E-state index contributed by atoms with van der Waals surface area (Å²) in [5.41, 5.74) is 4.75. The first-order chi connectivity index (χ1) is 12.7. The molecular formula is C20H20N4O2. The van der Waals surface area contributed by atoms with Crippen molar-refractivity contribution in [2.75, 3.05) is 18.0 Å². The number of piperidine rings is 1. The minimum Gasteiger partial charge on any atom is -0.423 e. The highest BCUT2D eigenvalue weighted by molar-refractivity contribution is 5.76. The van der Waals surface area contributed by atoms with Gasteiger partial charge in [-0.1, -0.05) is 18.2 Å². The lowest BCUT2D eigenvalue weighted by molar-refractivity contribution is 0.383. The molecule has 2 aromatic heterocycles. The molecule has 6 heteroatoms. The molecular weight excluding hydrogens is 328 g/mol. The Bertz CT molecular complexity index is 1150. The molecule has 1 saturated heterocycles. The van der Waals surface area contributed by atoms with Crippen LogP contribution in [0.15, 0.2) is 51.7 Å². The highest BCUT2D eigenvalue weighted by Crippen LogP contribution is 2.29. The maximum absolute atomic E-state index is 12.4. The van der Waals surface area contributed by atoms with Crippen molar-refractivity contribution in [2.45, 2.75) is 25.8 Å². The van der Waals surface area contributed by atoms with Crippen LogP contribution < -0.4 is 10.6 Å². The maximum atomic E-state index is 12.4. The molecule has 1 aliphatic rings. The van der Waals surface area contributed by atoms with E-state index in [0.29, 0.717) is 6.01 Å². The lowest BCUT2D eigenvalue weighted by Gasteiger charge is -2.31. The number of rotatable bonds is 2. The summed E-state index contributed by atoms with van der Waals surface area (Å²) in [6.07, 6.45) is 1.78. The fraction of sp³-hybridized carbons (Fsp3) is 0.300. The van der Waals surface area contributed by atoms with Crippen LogP contribution in [0.4, 0.5) is 6.01 Å². The van der Waals surface area contributed by atoms with E-state index in [1.165, 1.54) is 5.56 Å². The quantitative estimate of drug-likeness (QED) is 0.601. The van der Waals surface area contributed by atoms with Gasteiger partial charge in [0.15, 0.2) is 5.58 Å². The predicted molar refractivity (Wildman–Crippen MR) is 102 cm³/mol. The average molecular weight is 348 g/mol. The Morgan fingerprint density at radius 2 is 1.96 bits per heavy atom. The summed E-state index contributed by atoms with van der Waals surface area (Å²) >= 11 is 0. The van der Waals surface area contributed by atoms with Gasteiger partial charge in [0.1, 0.15) is 5.52 Å². The number of H-pyrrole nitrogens is 1. The number of aromatic nitrogens is 3. The third kappa shape index (κ3) is 2.41. The molecule has 1 fully saturated rings. The monoisotopic (exact) mass is 348 g/mol. The standard InChI is InChI=1S/C20H20N4O2/c1-13-6-7-18-16(12-13)22-20(26-18)23-10-8-14(9-11-23)24-17-5-3-2-4-15(17)21-19(24)25/h2-7,12,14H,8-11H2,1H3,(H,21,25). The second-order valence-electron chi connectivity index (χ2n) is 7.00. The minimum absolute atomic E-state index is 0.0259. The van der Waals surface area contributed by atoms with E-state index in [0.717, 1.165) is 48.1 Å². The third-order valence-corrected chi connectivity index (χ3v) is 5.26. The van der Waals surface area contributed by atoms with Gasteiger partial charge in [0.25, 0.3) is 6.01 Å². The number of aromatic amines is 1. The fourth-order valence-electron chi connectivity index (χ4n) is 3.91. The summed E-state index contributed by atoms with van der Waals surface area (Å²) in [5, 5.41) is 0. The van der Waals surface area contributed by atoms with Crippen LogP contribution in [0.25, 0.3) is 22.1 Å². The lowest BCUT2D eigenvalue weighted by atomic mass is 10.0. The van der Waals surface area contributed by atoms with Crippen LogP contribution in [0.2, 0.25) is 0 Å². The van der Waals surface area contributed by atoms with Crippen LogP contribution in [0.1, 0.15) is 24.4 Å². The number of benzene rings is 2. The van der Waals surface area contributed by atoms with Crippen molar-refractivity contribution in [1.29, 1.82) is 0 Å². The second kappa shape index (κ2) is 5.76. The van der Waals surface area contributed by atoms with E-state index < -0.39 is 0 Å². The van der Waals surface area contributed by atoms with E-state index >= 15 is 0 Å². The molecule has 0 spiro atoms. The van der Waals surface area contributed by atoms with Gasteiger partial charge in [-0.25, -0.2) is 4.79 Å². The zero-order valence-electron chi connectivity index (χ0n) is 14.6. The maximum Gasteiger partial charge on any atom is 0.326 e. The largest absolute Gasteiger partial charge is 0.423 e. The zero-order valence-corrected chi connectivity index (χ0v) is 14.6. The number of aryl methyl sites for hydroxylation is 1. The number of para-hydroxylation sites is 2. The van der Waals surface area contributed by atoms with E-state index in [1.54, 1.807) is 0 Å². The Morgan fingerprint density at radius 1 is 1.15 bits per heavy atom. The molecule has 4 aromatic rings. The van der Waals surface area contributed by atoms with Crippen molar-refractivity contribution < 1.29 is 4.42 Å². The second-order valence-corrected chi connectivity index (χ2v) is 7.00. The molecule has 1 aliphatic heterocycles. The van der Waals surface area contributed by atoms with Crippen molar-refractivity contribution in [1.82, 2.24) is 14.5 Å². The summed E-state index contributed by atoms with van der Waals surface area (Å²) in [7, 11) is 0. The molecule has 0 unspecified atom stereocenters. The van der Waals surface area contributed by atoms with Gasteiger partial charge in [0.2, 0.25) is 0 Å². The molecule has 0 radical (unpaired) electrons. The Balaban J connectivity index is 1.40. The van der Waals surface area contributed by atoms with Gasteiger partial charge in [-0.05, 0) is 49.6 Å². The van der Waals surface area contributed by atoms with Crippen molar-refractivity contribution in [3.63, 3.8) is 0 Å². The third-order valence-electron chi connectivity index (χ3n) is 5.26. The van der Waals surface area contributed by atoms with E-state index in [2.05, 4.69) is 21.8 Å². The highest BCUT2D eigenvalue weighted by atomic mass is 16.4. The van der Waals surface area contributed by atoms with Crippen LogP contribution in [0.3, 0.4) is 0 Å². The minimum atomic E-state index is -0.0259.